The number of nitrogens with one attached hydrogen (secondary N) is 1. The molecular formula is C16H25N7O2. The number of ether oxygens (including phenoxy) is 1. The largest absolute Gasteiger partial charge is 0.385 e. The molecule has 0 aromatic carbocycles. The Balaban J connectivity index is 1.49. The van der Waals surface area contributed by atoms with Gasteiger partial charge in [-0.25, -0.2) is 0 Å². The van der Waals surface area contributed by atoms with E-state index in [1.54, 1.807) is 18.0 Å². The molecule has 9 heteroatoms. The Labute approximate surface area is 146 Å². The highest BCUT2D eigenvalue weighted by molar-refractivity contribution is 5.81. The molecule has 136 valence electrons. The van der Waals surface area contributed by atoms with Crippen LogP contribution in [0.3, 0.4) is 0 Å². The van der Waals surface area contributed by atoms with Crippen LogP contribution < -0.4 is 10.2 Å². The molecule has 0 radical (unpaired) electrons. The normalized spacial score (nSPS) is 17.0. The summed E-state index contributed by atoms with van der Waals surface area (Å²) >= 11 is 0. The summed E-state index contributed by atoms with van der Waals surface area (Å²) < 4.78 is 6.67. The number of anilines is 1. The number of carbonyl (C=O) groups excluding carboxylic acids is 1. The molecule has 1 atom stereocenters. The molecule has 9 nitrogen and oxygen atoms in total. The van der Waals surface area contributed by atoms with Gasteiger partial charge in [0, 0.05) is 46.4 Å². The van der Waals surface area contributed by atoms with Gasteiger partial charge in [-0.3, -0.25) is 9.69 Å². The Morgan fingerprint density at radius 1 is 1.32 bits per heavy atom. The van der Waals surface area contributed by atoms with Crippen molar-refractivity contribution in [2.45, 2.75) is 19.4 Å². The number of piperazine rings is 1. The molecule has 0 saturated carbocycles. The molecule has 1 aliphatic rings. The summed E-state index contributed by atoms with van der Waals surface area (Å²) in [7, 11) is 1.67. The zero-order chi connectivity index (χ0) is 17.6. The maximum Gasteiger partial charge on any atom is 0.237 e. The first-order valence-corrected chi connectivity index (χ1v) is 8.62. The second-order valence-electron chi connectivity index (χ2n) is 6.16. The first-order valence-electron chi connectivity index (χ1n) is 8.62. The molecule has 25 heavy (non-hydrogen) atoms. The molecule has 3 heterocycles. The summed E-state index contributed by atoms with van der Waals surface area (Å²) in [5.41, 5.74) is 0.737. The third kappa shape index (κ3) is 4.23. The van der Waals surface area contributed by atoms with Crippen LogP contribution in [0, 0.1) is 0 Å². The minimum absolute atomic E-state index is 0.0774. The van der Waals surface area contributed by atoms with E-state index in [2.05, 4.69) is 30.4 Å². The number of hydrogen-bond donors (Lipinski definition) is 1. The van der Waals surface area contributed by atoms with Gasteiger partial charge in [0.25, 0.3) is 0 Å². The Morgan fingerprint density at radius 3 is 2.88 bits per heavy atom. The van der Waals surface area contributed by atoms with E-state index in [9.17, 15) is 4.79 Å². The lowest BCUT2D eigenvalue weighted by atomic mass is 10.2. The fraction of sp³-hybridized carbons (Fsp3) is 0.625. The summed E-state index contributed by atoms with van der Waals surface area (Å²) in [5, 5.41) is 15.3. The van der Waals surface area contributed by atoms with Crippen molar-refractivity contribution >= 4 is 17.4 Å². The van der Waals surface area contributed by atoms with Crippen LogP contribution >= 0.6 is 0 Å². The minimum Gasteiger partial charge on any atom is -0.385 e. The van der Waals surface area contributed by atoms with Crippen LogP contribution in [0.25, 0.3) is 5.65 Å². The van der Waals surface area contributed by atoms with E-state index in [1.165, 1.54) is 0 Å². The number of nitrogens with zero attached hydrogens (tertiary/aromatic N) is 6. The van der Waals surface area contributed by atoms with Crippen molar-refractivity contribution in [1.29, 1.82) is 0 Å². The molecule has 2 aromatic rings. The number of methoxy groups -OCH3 is 1. The van der Waals surface area contributed by atoms with Crippen LogP contribution in [0.4, 0.5) is 5.82 Å². The van der Waals surface area contributed by atoms with Gasteiger partial charge in [-0.1, -0.05) is 0 Å². The molecule has 1 saturated heterocycles. The van der Waals surface area contributed by atoms with E-state index < -0.39 is 0 Å². The van der Waals surface area contributed by atoms with Crippen LogP contribution in [0.2, 0.25) is 0 Å². The van der Waals surface area contributed by atoms with Gasteiger partial charge in [0.1, 0.15) is 12.1 Å². The van der Waals surface area contributed by atoms with Crippen molar-refractivity contribution in [3.8, 4) is 0 Å². The highest BCUT2D eigenvalue weighted by Gasteiger charge is 2.26. The van der Waals surface area contributed by atoms with Gasteiger partial charge in [-0.2, -0.15) is 4.52 Å². The number of hydrogen-bond acceptors (Lipinski definition) is 7. The fourth-order valence-electron chi connectivity index (χ4n) is 2.97. The van der Waals surface area contributed by atoms with Crippen molar-refractivity contribution in [3.63, 3.8) is 0 Å². The Bertz CT molecular complexity index is 697. The molecular weight excluding hydrogens is 322 g/mol. The van der Waals surface area contributed by atoms with E-state index >= 15 is 0 Å². The Morgan fingerprint density at radius 2 is 2.12 bits per heavy atom. The van der Waals surface area contributed by atoms with Crippen LogP contribution in [0.5, 0.6) is 0 Å². The molecule has 2 aromatic heterocycles. The van der Waals surface area contributed by atoms with E-state index in [1.807, 2.05) is 19.1 Å². The van der Waals surface area contributed by atoms with Gasteiger partial charge in [-0.05, 0) is 25.5 Å². The van der Waals surface area contributed by atoms with Gasteiger partial charge in [0.05, 0.1) is 6.04 Å². The Kier molecular flexibility index (Phi) is 5.77. The number of amides is 1. The Hall–Kier alpha value is -2.26. The predicted molar refractivity (Wildman–Crippen MR) is 93.5 cm³/mol. The molecule has 0 spiro atoms. The van der Waals surface area contributed by atoms with Crippen LogP contribution in [0.15, 0.2) is 18.5 Å². The van der Waals surface area contributed by atoms with Gasteiger partial charge in [-0.15, -0.1) is 15.3 Å². The van der Waals surface area contributed by atoms with Crippen molar-refractivity contribution in [3.05, 3.63) is 18.5 Å². The lowest BCUT2D eigenvalue weighted by Crippen LogP contribution is -2.54. The topological polar surface area (TPSA) is 87.9 Å². The molecule has 3 rings (SSSR count). The summed E-state index contributed by atoms with van der Waals surface area (Å²) in [4.78, 5) is 16.7. The summed E-state index contributed by atoms with van der Waals surface area (Å²) in [6.07, 6.45) is 2.44. The maximum atomic E-state index is 12.2. The SMILES string of the molecule is COCCCNC(=O)C(C)N1CCN(c2ccc3nncn3n2)CC1. The number of aromatic nitrogens is 4. The predicted octanol–water partition coefficient (Wildman–Crippen LogP) is -0.212. The summed E-state index contributed by atoms with van der Waals surface area (Å²) in [6.45, 7) is 6.60. The average molecular weight is 347 g/mol. The highest BCUT2D eigenvalue weighted by atomic mass is 16.5. The highest BCUT2D eigenvalue weighted by Crippen LogP contribution is 2.15. The van der Waals surface area contributed by atoms with E-state index in [-0.39, 0.29) is 11.9 Å². The smallest absolute Gasteiger partial charge is 0.237 e. The zero-order valence-corrected chi connectivity index (χ0v) is 14.8. The van der Waals surface area contributed by atoms with Crippen molar-refractivity contribution in [2.75, 3.05) is 51.3 Å². The first-order chi connectivity index (χ1) is 12.2. The van der Waals surface area contributed by atoms with Gasteiger partial charge in [0.15, 0.2) is 5.65 Å². The lowest BCUT2D eigenvalue weighted by Gasteiger charge is -2.37. The van der Waals surface area contributed by atoms with Crippen molar-refractivity contribution < 1.29 is 9.53 Å². The fourth-order valence-corrected chi connectivity index (χ4v) is 2.97. The first kappa shape index (κ1) is 17.6. The van der Waals surface area contributed by atoms with Crippen molar-refractivity contribution in [1.82, 2.24) is 30.0 Å². The minimum atomic E-state index is -0.127. The molecule has 1 aliphatic heterocycles. The van der Waals surface area contributed by atoms with Crippen LogP contribution in [0.1, 0.15) is 13.3 Å². The van der Waals surface area contributed by atoms with E-state index in [0.717, 1.165) is 44.1 Å². The zero-order valence-electron chi connectivity index (χ0n) is 14.8. The second-order valence-corrected chi connectivity index (χ2v) is 6.16. The van der Waals surface area contributed by atoms with Gasteiger partial charge in [0.2, 0.25) is 5.91 Å². The maximum absolute atomic E-state index is 12.2. The molecule has 1 fully saturated rings. The molecule has 0 bridgehead atoms. The third-order valence-electron chi connectivity index (χ3n) is 4.54. The van der Waals surface area contributed by atoms with E-state index in [4.69, 9.17) is 4.74 Å². The summed E-state index contributed by atoms with van der Waals surface area (Å²) in [6, 6.07) is 3.75. The average Bonchev–Trinajstić information content (AvgIpc) is 3.12. The number of fused-ring (bicyclic) bond motifs is 1. The van der Waals surface area contributed by atoms with Crippen molar-refractivity contribution in [2.24, 2.45) is 0 Å². The van der Waals surface area contributed by atoms with Gasteiger partial charge >= 0.3 is 0 Å². The van der Waals surface area contributed by atoms with Crippen LogP contribution in [-0.4, -0.2) is 83.1 Å². The number of carbonyl (C=O) groups is 1. The third-order valence-corrected chi connectivity index (χ3v) is 4.54. The van der Waals surface area contributed by atoms with Gasteiger partial charge < -0.3 is 15.0 Å². The number of rotatable bonds is 7. The quantitative estimate of drug-likeness (QED) is 0.693. The molecule has 0 aliphatic carbocycles. The monoisotopic (exact) mass is 347 g/mol. The standard InChI is InChI=1S/C16H25N7O2/c1-13(16(24)17-6-3-11-25-2)21-7-9-22(10-8-21)15-5-4-14-19-18-12-23(14)20-15/h4-5,12-13H,3,6-11H2,1-2H3,(H,17,24). The summed E-state index contributed by atoms with van der Waals surface area (Å²) in [5.74, 6) is 0.984. The molecule has 1 N–H and O–H groups in total. The molecule has 1 amide bonds. The van der Waals surface area contributed by atoms with E-state index in [0.29, 0.717) is 13.2 Å². The molecule has 1 unspecified atom stereocenters. The van der Waals surface area contributed by atoms with Crippen LogP contribution in [-0.2, 0) is 9.53 Å². The second kappa shape index (κ2) is 8.21. The lowest BCUT2D eigenvalue weighted by molar-refractivity contribution is -0.126.